The largest absolute Gasteiger partial charge is 2.00 e. The number of aromatic nitrogens is 2. The minimum absolute atomic E-state index is 0. The van der Waals surface area contributed by atoms with E-state index in [2.05, 4.69) is 102 Å². The number of benzene rings is 2. The van der Waals surface area contributed by atoms with Crippen molar-refractivity contribution in [1.82, 2.24) is 9.97 Å². The van der Waals surface area contributed by atoms with Gasteiger partial charge in [0.2, 0.25) is 0 Å². The zero-order valence-electron chi connectivity index (χ0n) is 27.8. The number of ether oxygens (including phenoxy) is 1. The van der Waals surface area contributed by atoms with Crippen LogP contribution in [0.4, 0.5) is 11.4 Å². The molecule has 4 aromatic rings. The third kappa shape index (κ3) is 11.4. The number of nitrogens with zero attached hydrogens (tertiary/aromatic N) is 4. The number of aliphatic imine (C=N–C) groups is 2. The molecule has 0 aliphatic carbocycles. The Kier molecular flexibility index (Phi) is 16.2. The molecule has 5 nitrogen and oxygen atoms in total. The Balaban J connectivity index is 0.000000259. The van der Waals surface area contributed by atoms with E-state index in [1.165, 1.54) is 35.1 Å². The van der Waals surface area contributed by atoms with Gasteiger partial charge in [0, 0.05) is 25.6 Å². The van der Waals surface area contributed by atoms with E-state index in [1.54, 1.807) is 12.4 Å². The Morgan fingerprint density at radius 2 is 0.886 bits per heavy atom. The molecule has 0 atom stereocenters. The van der Waals surface area contributed by atoms with E-state index >= 15 is 0 Å². The van der Waals surface area contributed by atoms with Crippen molar-refractivity contribution in [1.29, 1.82) is 0 Å². The second-order valence-electron chi connectivity index (χ2n) is 12.1. The van der Waals surface area contributed by atoms with E-state index in [9.17, 15) is 0 Å². The van der Waals surface area contributed by atoms with Crippen molar-refractivity contribution in [2.45, 2.75) is 91.9 Å². The van der Waals surface area contributed by atoms with Crippen LogP contribution in [0.25, 0.3) is 0 Å². The third-order valence-corrected chi connectivity index (χ3v) is 7.32. The molecule has 1 aliphatic rings. The minimum Gasteiger partial charge on any atom is -0.663 e. The summed E-state index contributed by atoms with van der Waals surface area (Å²) in [5, 5.41) is 0. The summed E-state index contributed by atoms with van der Waals surface area (Å²) < 4.78 is 4.94. The standard InChI is InChI=1S/2C17H21N2.C4H8O.Co/c2*1-12(2)15-8-5-9-16(13(3)4)17(15)19-11-14-7-6-10-18-14;1-2-4-5-3-1;/h2*5-13H,1-4H3;1-4H2;/q2*-1;;+2. The van der Waals surface area contributed by atoms with Crippen LogP contribution in [0.5, 0.6) is 0 Å². The summed E-state index contributed by atoms with van der Waals surface area (Å²) in [5.74, 6) is 1.88. The monoisotopic (exact) mass is 637 g/mol. The molecule has 44 heavy (non-hydrogen) atoms. The van der Waals surface area contributed by atoms with Crippen LogP contribution in [0.1, 0.15) is 126 Å². The first-order valence-electron chi connectivity index (χ1n) is 15.8. The molecule has 2 aromatic carbocycles. The van der Waals surface area contributed by atoms with Crippen LogP contribution in [-0.2, 0) is 21.5 Å². The molecule has 5 rings (SSSR count). The predicted molar refractivity (Wildman–Crippen MR) is 183 cm³/mol. The Morgan fingerprint density at radius 3 is 1.11 bits per heavy atom. The molecule has 6 heteroatoms. The first kappa shape index (κ1) is 37.0. The maximum Gasteiger partial charge on any atom is 2.00 e. The van der Waals surface area contributed by atoms with E-state index in [4.69, 9.17) is 14.7 Å². The number of hydrogen-bond acceptors (Lipinski definition) is 3. The second kappa shape index (κ2) is 19.2. The van der Waals surface area contributed by atoms with Gasteiger partial charge in [-0.15, -0.1) is 11.4 Å². The summed E-state index contributed by atoms with van der Waals surface area (Å²) in [6.45, 7) is 19.7. The van der Waals surface area contributed by atoms with Crippen molar-refractivity contribution in [3.8, 4) is 0 Å². The van der Waals surface area contributed by atoms with Gasteiger partial charge in [-0.05, 0) is 58.8 Å². The van der Waals surface area contributed by atoms with E-state index in [0.29, 0.717) is 23.7 Å². The van der Waals surface area contributed by atoms with Crippen LogP contribution >= 0.6 is 0 Å². The molecule has 0 spiro atoms. The van der Waals surface area contributed by atoms with Gasteiger partial charge in [0.15, 0.2) is 0 Å². The maximum absolute atomic E-state index is 4.94. The average molecular weight is 638 g/mol. The molecule has 0 saturated carbocycles. The SMILES string of the molecule is C1CCOC1.CC(C)c1cccc(C(C)C)c1N=Cc1ccc[n-]1.CC(C)c1cccc(C(C)C)c1N=Cc1ccc[n-]1.[Co+2]. The Morgan fingerprint density at radius 1 is 0.545 bits per heavy atom. The Bertz CT molecular complexity index is 1230. The van der Waals surface area contributed by atoms with E-state index in [1.807, 2.05) is 36.7 Å². The summed E-state index contributed by atoms with van der Waals surface area (Å²) >= 11 is 0. The van der Waals surface area contributed by atoms with Crippen LogP contribution in [-0.4, -0.2) is 25.6 Å². The van der Waals surface area contributed by atoms with Gasteiger partial charge in [0.1, 0.15) is 0 Å². The van der Waals surface area contributed by atoms with E-state index in [0.717, 1.165) is 36.0 Å². The van der Waals surface area contributed by atoms with Crippen molar-refractivity contribution < 1.29 is 21.5 Å². The molecule has 1 saturated heterocycles. The zero-order chi connectivity index (χ0) is 31.2. The zero-order valence-corrected chi connectivity index (χ0v) is 28.8. The fourth-order valence-electron chi connectivity index (χ4n) is 4.87. The molecule has 0 unspecified atom stereocenters. The van der Waals surface area contributed by atoms with Crippen molar-refractivity contribution in [2.75, 3.05) is 13.2 Å². The quantitative estimate of drug-likeness (QED) is 0.181. The third-order valence-electron chi connectivity index (χ3n) is 7.32. The van der Waals surface area contributed by atoms with Gasteiger partial charge in [-0.1, -0.05) is 116 Å². The maximum atomic E-state index is 4.94. The Labute approximate surface area is 276 Å². The van der Waals surface area contributed by atoms with Gasteiger partial charge >= 0.3 is 16.8 Å². The second-order valence-corrected chi connectivity index (χ2v) is 12.1. The van der Waals surface area contributed by atoms with Gasteiger partial charge in [-0.25, -0.2) is 0 Å². The fourth-order valence-corrected chi connectivity index (χ4v) is 4.87. The van der Waals surface area contributed by atoms with Crippen LogP contribution in [0.3, 0.4) is 0 Å². The molecule has 237 valence electrons. The molecular weight excluding hydrogens is 587 g/mol. The molecule has 1 radical (unpaired) electrons. The van der Waals surface area contributed by atoms with Crippen LogP contribution in [0, 0.1) is 0 Å². The van der Waals surface area contributed by atoms with Gasteiger partial charge in [0.05, 0.1) is 11.4 Å². The smallest absolute Gasteiger partial charge is 0.663 e. The van der Waals surface area contributed by atoms with E-state index < -0.39 is 0 Å². The number of para-hydroxylation sites is 2. The molecule has 0 amide bonds. The topological polar surface area (TPSA) is 62.1 Å². The van der Waals surface area contributed by atoms with Gasteiger partial charge in [0.25, 0.3) is 0 Å². The van der Waals surface area contributed by atoms with E-state index in [-0.39, 0.29) is 16.8 Å². The van der Waals surface area contributed by atoms with Crippen molar-refractivity contribution >= 4 is 23.8 Å². The first-order chi connectivity index (χ1) is 20.7. The predicted octanol–water partition coefficient (Wildman–Crippen LogP) is 10.1. The molecule has 2 aromatic heterocycles. The Hall–Kier alpha value is -3.19. The molecule has 3 heterocycles. The van der Waals surface area contributed by atoms with Crippen molar-refractivity contribution in [3.05, 3.63) is 107 Å². The minimum atomic E-state index is 0. The average Bonchev–Trinajstić information content (AvgIpc) is 3.80. The van der Waals surface area contributed by atoms with Gasteiger partial charge in [-0.2, -0.15) is 12.4 Å². The first-order valence-corrected chi connectivity index (χ1v) is 15.8. The summed E-state index contributed by atoms with van der Waals surface area (Å²) in [5.41, 5.74) is 9.23. The number of hydrogen-bond donors (Lipinski definition) is 0. The summed E-state index contributed by atoms with van der Waals surface area (Å²) in [7, 11) is 0. The summed E-state index contributed by atoms with van der Waals surface area (Å²) in [6, 6.07) is 20.7. The molecular formula is C38H50CoN4O. The van der Waals surface area contributed by atoms with Crippen LogP contribution in [0.15, 0.2) is 83.0 Å². The number of rotatable bonds is 8. The molecule has 1 aliphatic heterocycles. The summed E-state index contributed by atoms with van der Waals surface area (Å²) in [6.07, 6.45) is 9.85. The fraction of sp³-hybridized carbons (Fsp3) is 0.421. The van der Waals surface area contributed by atoms with Crippen LogP contribution < -0.4 is 9.97 Å². The normalized spacial score (nSPS) is 13.0. The molecule has 0 N–H and O–H groups in total. The van der Waals surface area contributed by atoms with Crippen LogP contribution in [0.2, 0.25) is 0 Å². The molecule has 0 bridgehead atoms. The summed E-state index contributed by atoms with van der Waals surface area (Å²) in [4.78, 5) is 17.9. The van der Waals surface area contributed by atoms with Crippen molar-refractivity contribution in [2.24, 2.45) is 9.98 Å². The van der Waals surface area contributed by atoms with Gasteiger partial charge in [-0.3, -0.25) is 9.98 Å². The van der Waals surface area contributed by atoms with Gasteiger partial charge < -0.3 is 14.7 Å². The molecule has 1 fully saturated rings. The van der Waals surface area contributed by atoms with Crippen molar-refractivity contribution in [3.63, 3.8) is 0 Å².